The molecule has 0 atom stereocenters. The van der Waals surface area contributed by atoms with E-state index >= 15 is 0 Å². The fourth-order valence-electron chi connectivity index (χ4n) is 1.20. The molecular formula is C18H20O4. The van der Waals surface area contributed by atoms with Crippen LogP contribution in [0.15, 0.2) is 73.4 Å². The van der Waals surface area contributed by atoms with Gasteiger partial charge in [0.1, 0.15) is 0 Å². The number of benzene rings is 1. The standard InChI is InChI=1S/C12H12.C6H8O4/c1-2-3-4-6-9-12-10-7-5-8-11-12;1-2-10-6(9)4-3-5(7)8/h2-11H,1H2;3-4H,2H2,1H3,(H,7,8). The molecule has 0 fully saturated rings. The van der Waals surface area contributed by atoms with Gasteiger partial charge in [-0.25, -0.2) is 9.59 Å². The van der Waals surface area contributed by atoms with Crippen LogP contribution in [-0.2, 0) is 14.3 Å². The van der Waals surface area contributed by atoms with Gasteiger partial charge >= 0.3 is 11.9 Å². The number of allylic oxidation sites excluding steroid dienone is 4. The molecule has 0 unspecified atom stereocenters. The van der Waals surface area contributed by atoms with Crippen molar-refractivity contribution in [3.8, 4) is 0 Å². The molecule has 0 amide bonds. The first-order valence-electron chi connectivity index (χ1n) is 6.68. The van der Waals surface area contributed by atoms with Gasteiger partial charge in [-0.05, 0) is 12.5 Å². The number of hydrogen-bond donors (Lipinski definition) is 1. The summed E-state index contributed by atoms with van der Waals surface area (Å²) in [4.78, 5) is 20.2. The quantitative estimate of drug-likeness (QED) is 0.495. The van der Waals surface area contributed by atoms with Crippen molar-refractivity contribution < 1.29 is 19.4 Å². The highest BCUT2D eigenvalue weighted by atomic mass is 16.5. The highest BCUT2D eigenvalue weighted by Gasteiger charge is 1.94. The summed E-state index contributed by atoms with van der Waals surface area (Å²) in [5, 5.41) is 8.04. The molecule has 0 aliphatic carbocycles. The van der Waals surface area contributed by atoms with E-state index in [4.69, 9.17) is 5.11 Å². The smallest absolute Gasteiger partial charge is 0.330 e. The van der Waals surface area contributed by atoms with Crippen LogP contribution < -0.4 is 0 Å². The molecule has 0 spiro atoms. The lowest BCUT2D eigenvalue weighted by Gasteiger charge is -1.92. The molecule has 0 radical (unpaired) electrons. The van der Waals surface area contributed by atoms with E-state index < -0.39 is 11.9 Å². The zero-order valence-corrected chi connectivity index (χ0v) is 12.5. The summed E-state index contributed by atoms with van der Waals surface area (Å²) in [6.07, 6.45) is 11.3. The molecule has 0 saturated carbocycles. The van der Waals surface area contributed by atoms with Gasteiger partial charge in [-0.3, -0.25) is 0 Å². The van der Waals surface area contributed by atoms with E-state index in [-0.39, 0.29) is 6.61 Å². The number of carboxylic acids is 1. The minimum atomic E-state index is -1.16. The fraction of sp³-hybridized carbons (Fsp3) is 0.111. The molecule has 1 rings (SSSR count). The number of carboxylic acid groups (broad SMARTS) is 1. The highest BCUT2D eigenvalue weighted by molar-refractivity contribution is 5.90. The van der Waals surface area contributed by atoms with Crippen molar-refractivity contribution in [2.45, 2.75) is 6.92 Å². The molecule has 1 N–H and O–H groups in total. The van der Waals surface area contributed by atoms with E-state index in [0.29, 0.717) is 0 Å². The van der Waals surface area contributed by atoms with Crippen LogP contribution >= 0.6 is 0 Å². The van der Waals surface area contributed by atoms with Crippen LogP contribution in [-0.4, -0.2) is 23.7 Å². The number of aliphatic carboxylic acids is 1. The Hall–Kier alpha value is -2.88. The SMILES string of the molecule is C=CC=CC=Cc1ccccc1.CCOC(=O)C=CC(=O)O. The lowest BCUT2D eigenvalue weighted by Crippen LogP contribution is -2.00. The summed E-state index contributed by atoms with van der Waals surface area (Å²) in [7, 11) is 0. The van der Waals surface area contributed by atoms with Crippen LogP contribution in [0, 0.1) is 0 Å². The van der Waals surface area contributed by atoms with Crippen LogP contribution in [0.3, 0.4) is 0 Å². The first-order valence-corrected chi connectivity index (χ1v) is 6.68. The second-order valence-corrected chi connectivity index (χ2v) is 3.81. The number of hydrogen-bond acceptors (Lipinski definition) is 3. The molecule has 22 heavy (non-hydrogen) atoms. The molecule has 0 aliphatic heterocycles. The van der Waals surface area contributed by atoms with E-state index in [2.05, 4.69) is 29.5 Å². The van der Waals surface area contributed by atoms with Gasteiger partial charge in [0, 0.05) is 12.2 Å². The first kappa shape index (κ1) is 19.1. The van der Waals surface area contributed by atoms with E-state index in [0.717, 1.165) is 12.2 Å². The van der Waals surface area contributed by atoms with Gasteiger partial charge < -0.3 is 9.84 Å². The Morgan fingerprint density at radius 1 is 1.14 bits per heavy atom. The van der Waals surface area contributed by atoms with E-state index in [9.17, 15) is 9.59 Å². The maximum absolute atomic E-state index is 10.4. The predicted molar refractivity (Wildman–Crippen MR) is 88.2 cm³/mol. The monoisotopic (exact) mass is 300 g/mol. The number of rotatable bonds is 6. The third-order valence-corrected chi connectivity index (χ3v) is 2.10. The first-order chi connectivity index (χ1) is 10.6. The molecule has 0 aromatic heterocycles. The topological polar surface area (TPSA) is 63.6 Å². The molecule has 0 saturated heterocycles. The zero-order valence-electron chi connectivity index (χ0n) is 12.5. The maximum atomic E-state index is 10.4. The molecule has 0 heterocycles. The van der Waals surface area contributed by atoms with Crippen molar-refractivity contribution in [2.24, 2.45) is 0 Å². The predicted octanol–water partition coefficient (Wildman–Crippen LogP) is 3.63. The van der Waals surface area contributed by atoms with Gasteiger partial charge in [-0.2, -0.15) is 0 Å². The Morgan fingerprint density at radius 2 is 1.82 bits per heavy atom. The van der Waals surface area contributed by atoms with E-state index in [1.54, 1.807) is 13.0 Å². The Morgan fingerprint density at radius 3 is 2.36 bits per heavy atom. The third kappa shape index (κ3) is 12.2. The summed E-state index contributed by atoms with van der Waals surface area (Å²) in [5.74, 6) is -1.79. The average molecular weight is 300 g/mol. The summed E-state index contributed by atoms with van der Waals surface area (Å²) < 4.78 is 4.40. The minimum Gasteiger partial charge on any atom is -0.478 e. The minimum absolute atomic E-state index is 0.253. The average Bonchev–Trinajstić information content (AvgIpc) is 2.52. The Bertz CT molecular complexity index is 539. The maximum Gasteiger partial charge on any atom is 0.330 e. The van der Waals surface area contributed by atoms with Crippen LogP contribution in [0.1, 0.15) is 12.5 Å². The Kier molecular flexibility index (Phi) is 11.4. The summed E-state index contributed by atoms with van der Waals surface area (Å²) in [6.45, 7) is 5.48. The summed E-state index contributed by atoms with van der Waals surface area (Å²) in [6, 6.07) is 10.2. The molecule has 0 bridgehead atoms. The molecule has 0 aliphatic rings. The second kappa shape index (κ2) is 13.1. The van der Waals surface area contributed by atoms with Crippen molar-refractivity contribution in [3.63, 3.8) is 0 Å². The molecule has 1 aromatic carbocycles. The Balaban J connectivity index is 0.000000409. The fourth-order valence-corrected chi connectivity index (χ4v) is 1.20. The van der Waals surface area contributed by atoms with Crippen LogP contribution in [0.25, 0.3) is 6.08 Å². The largest absolute Gasteiger partial charge is 0.478 e. The van der Waals surface area contributed by atoms with Crippen molar-refractivity contribution in [3.05, 3.63) is 78.9 Å². The van der Waals surface area contributed by atoms with Crippen LogP contribution in [0.2, 0.25) is 0 Å². The van der Waals surface area contributed by atoms with Crippen LogP contribution in [0.5, 0.6) is 0 Å². The van der Waals surface area contributed by atoms with Crippen LogP contribution in [0.4, 0.5) is 0 Å². The third-order valence-electron chi connectivity index (χ3n) is 2.10. The van der Waals surface area contributed by atoms with Gasteiger partial charge in [-0.15, -0.1) is 0 Å². The van der Waals surface area contributed by atoms with E-state index in [1.165, 1.54) is 5.56 Å². The highest BCUT2D eigenvalue weighted by Crippen LogP contribution is 2.00. The summed E-state index contributed by atoms with van der Waals surface area (Å²) >= 11 is 0. The van der Waals surface area contributed by atoms with Gasteiger partial charge in [0.15, 0.2) is 0 Å². The van der Waals surface area contributed by atoms with E-state index in [1.807, 2.05) is 36.4 Å². The van der Waals surface area contributed by atoms with Gasteiger partial charge in [-0.1, -0.05) is 67.3 Å². The Labute approximate surface area is 130 Å². The van der Waals surface area contributed by atoms with Crippen molar-refractivity contribution in [1.82, 2.24) is 0 Å². The lowest BCUT2D eigenvalue weighted by molar-refractivity contribution is -0.138. The lowest BCUT2D eigenvalue weighted by atomic mass is 10.2. The van der Waals surface area contributed by atoms with Gasteiger partial charge in [0.25, 0.3) is 0 Å². The number of carbonyl (C=O) groups is 2. The molecule has 4 heteroatoms. The van der Waals surface area contributed by atoms with Crippen molar-refractivity contribution in [1.29, 1.82) is 0 Å². The number of esters is 1. The van der Waals surface area contributed by atoms with Gasteiger partial charge in [0.05, 0.1) is 6.61 Å². The molecular weight excluding hydrogens is 280 g/mol. The van der Waals surface area contributed by atoms with Crippen molar-refractivity contribution >= 4 is 18.0 Å². The second-order valence-electron chi connectivity index (χ2n) is 3.81. The summed E-state index contributed by atoms with van der Waals surface area (Å²) in [5.41, 5.74) is 1.21. The zero-order chi connectivity index (χ0) is 16.6. The number of ether oxygens (including phenoxy) is 1. The number of carbonyl (C=O) groups excluding carboxylic acids is 1. The molecule has 116 valence electrons. The molecule has 4 nitrogen and oxygen atoms in total. The normalized spacial score (nSPS) is 10.4. The molecule has 1 aromatic rings. The van der Waals surface area contributed by atoms with Gasteiger partial charge in [0.2, 0.25) is 0 Å². The van der Waals surface area contributed by atoms with Crippen molar-refractivity contribution in [2.75, 3.05) is 6.61 Å².